The standard InChI is InChI=1S/C13H16ClNO/c1-10(2)7-8-15-13(16)12-5-3-11(9-14)4-6-12/h3-7H,8-9H2,1-2H3,(H,15,16). The molecule has 0 aliphatic carbocycles. The molecule has 0 fully saturated rings. The van der Waals surface area contributed by atoms with Gasteiger partial charge in [-0.25, -0.2) is 0 Å². The Morgan fingerprint density at radius 1 is 1.31 bits per heavy atom. The summed E-state index contributed by atoms with van der Waals surface area (Å²) in [6.07, 6.45) is 1.98. The maximum Gasteiger partial charge on any atom is 0.251 e. The molecule has 1 rings (SSSR count). The molecule has 0 aromatic heterocycles. The van der Waals surface area contributed by atoms with Gasteiger partial charge in [0.2, 0.25) is 0 Å². The Morgan fingerprint density at radius 2 is 1.94 bits per heavy atom. The zero-order valence-corrected chi connectivity index (χ0v) is 10.3. The monoisotopic (exact) mass is 237 g/mol. The normalized spacial score (nSPS) is 9.69. The number of allylic oxidation sites excluding steroid dienone is 1. The number of amides is 1. The lowest BCUT2D eigenvalue weighted by Crippen LogP contribution is -2.23. The van der Waals surface area contributed by atoms with Crippen LogP contribution in [0.4, 0.5) is 0 Å². The maximum absolute atomic E-state index is 11.7. The molecule has 0 aliphatic rings. The van der Waals surface area contributed by atoms with Crippen molar-refractivity contribution in [3.63, 3.8) is 0 Å². The molecular formula is C13H16ClNO. The SMILES string of the molecule is CC(C)=CCNC(=O)c1ccc(CCl)cc1. The first kappa shape index (κ1) is 12.8. The van der Waals surface area contributed by atoms with E-state index in [0.717, 1.165) is 5.56 Å². The van der Waals surface area contributed by atoms with Crippen molar-refractivity contribution in [3.8, 4) is 0 Å². The van der Waals surface area contributed by atoms with Gasteiger partial charge in [-0.1, -0.05) is 23.8 Å². The van der Waals surface area contributed by atoms with Gasteiger partial charge < -0.3 is 5.32 Å². The number of rotatable bonds is 4. The van der Waals surface area contributed by atoms with Crippen molar-refractivity contribution in [2.24, 2.45) is 0 Å². The summed E-state index contributed by atoms with van der Waals surface area (Å²) in [6.45, 7) is 4.57. The first-order chi connectivity index (χ1) is 7.63. The van der Waals surface area contributed by atoms with E-state index in [9.17, 15) is 4.79 Å². The molecule has 1 aromatic rings. The fraction of sp³-hybridized carbons (Fsp3) is 0.308. The lowest BCUT2D eigenvalue weighted by molar-refractivity contribution is 0.0958. The highest BCUT2D eigenvalue weighted by molar-refractivity contribution is 6.17. The number of halogens is 1. The Balaban J connectivity index is 2.56. The van der Waals surface area contributed by atoms with E-state index in [0.29, 0.717) is 18.0 Å². The van der Waals surface area contributed by atoms with Gasteiger partial charge in [0.15, 0.2) is 0 Å². The Labute approximate surface area is 101 Å². The predicted molar refractivity (Wildman–Crippen MR) is 67.8 cm³/mol. The molecule has 0 atom stereocenters. The quantitative estimate of drug-likeness (QED) is 0.633. The average molecular weight is 238 g/mol. The summed E-state index contributed by atoms with van der Waals surface area (Å²) < 4.78 is 0. The second kappa shape index (κ2) is 6.33. The van der Waals surface area contributed by atoms with E-state index in [-0.39, 0.29) is 5.91 Å². The first-order valence-electron chi connectivity index (χ1n) is 5.20. The lowest BCUT2D eigenvalue weighted by Gasteiger charge is -2.03. The van der Waals surface area contributed by atoms with Crippen molar-refractivity contribution < 1.29 is 4.79 Å². The first-order valence-corrected chi connectivity index (χ1v) is 5.73. The minimum atomic E-state index is -0.0568. The molecule has 0 aliphatic heterocycles. The van der Waals surface area contributed by atoms with E-state index in [1.807, 2.05) is 32.1 Å². The number of benzene rings is 1. The van der Waals surface area contributed by atoms with Gasteiger partial charge in [0.1, 0.15) is 0 Å². The molecule has 0 saturated heterocycles. The van der Waals surface area contributed by atoms with Crippen LogP contribution in [0.2, 0.25) is 0 Å². The van der Waals surface area contributed by atoms with Gasteiger partial charge in [-0.2, -0.15) is 0 Å². The van der Waals surface area contributed by atoms with Crippen LogP contribution in [0.3, 0.4) is 0 Å². The summed E-state index contributed by atoms with van der Waals surface area (Å²) in [6, 6.07) is 7.30. The van der Waals surface area contributed by atoms with Gasteiger partial charge in [-0.3, -0.25) is 4.79 Å². The van der Waals surface area contributed by atoms with Crippen LogP contribution in [0.25, 0.3) is 0 Å². The Bertz CT molecular complexity index is 377. The van der Waals surface area contributed by atoms with Crippen molar-refractivity contribution in [1.29, 1.82) is 0 Å². The number of alkyl halides is 1. The van der Waals surface area contributed by atoms with Crippen LogP contribution in [0.15, 0.2) is 35.9 Å². The molecular weight excluding hydrogens is 222 g/mol. The highest BCUT2D eigenvalue weighted by atomic mass is 35.5. The van der Waals surface area contributed by atoms with Crippen LogP contribution in [-0.4, -0.2) is 12.5 Å². The minimum absolute atomic E-state index is 0.0568. The number of carbonyl (C=O) groups excluding carboxylic acids is 1. The minimum Gasteiger partial charge on any atom is -0.349 e. The molecule has 1 N–H and O–H groups in total. The van der Waals surface area contributed by atoms with Gasteiger partial charge in [0, 0.05) is 18.0 Å². The molecule has 0 radical (unpaired) electrons. The summed E-state index contributed by atoms with van der Waals surface area (Å²) >= 11 is 5.67. The van der Waals surface area contributed by atoms with Gasteiger partial charge in [0.25, 0.3) is 5.91 Å². The molecule has 86 valence electrons. The summed E-state index contributed by atoms with van der Waals surface area (Å²) in [4.78, 5) is 11.7. The predicted octanol–water partition coefficient (Wildman–Crippen LogP) is 3.12. The van der Waals surface area contributed by atoms with Crippen LogP contribution in [0.5, 0.6) is 0 Å². The van der Waals surface area contributed by atoms with E-state index < -0.39 is 0 Å². The third-order valence-electron chi connectivity index (χ3n) is 2.14. The molecule has 2 nitrogen and oxygen atoms in total. The molecule has 1 amide bonds. The fourth-order valence-corrected chi connectivity index (χ4v) is 1.37. The van der Waals surface area contributed by atoms with Gasteiger partial charge in [-0.05, 0) is 31.5 Å². The van der Waals surface area contributed by atoms with E-state index in [4.69, 9.17) is 11.6 Å². The van der Waals surface area contributed by atoms with Crippen molar-refractivity contribution in [2.75, 3.05) is 6.54 Å². The van der Waals surface area contributed by atoms with Crippen molar-refractivity contribution in [1.82, 2.24) is 5.32 Å². The summed E-state index contributed by atoms with van der Waals surface area (Å²) in [5.74, 6) is 0.415. The van der Waals surface area contributed by atoms with Crippen LogP contribution in [0, 0.1) is 0 Å². The third-order valence-corrected chi connectivity index (χ3v) is 2.45. The molecule has 0 heterocycles. The molecule has 16 heavy (non-hydrogen) atoms. The summed E-state index contributed by atoms with van der Waals surface area (Å²) in [5.41, 5.74) is 2.87. The summed E-state index contributed by atoms with van der Waals surface area (Å²) in [7, 11) is 0. The second-order valence-electron chi connectivity index (χ2n) is 3.82. The van der Waals surface area contributed by atoms with Crippen LogP contribution >= 0.6 is 11.6 Å². The van der Waals surface area contributed by atoms with E-state index in [1.165, 1.54) is 5.57 Å². The molecule has 0 saturated carbocycles. The van der Waals surface area contributed by atoms with Crippen molar-refractivity contribution in [3.05, 3.63) is 47.0 Å². The summed E-state index contributed by atoms with van der Waals surface area (Å²) in [5, 5.41) is 2.82. The molecule has 0 spiro atoms. The Morgan fingerprint density at radius 3 is 2.44 bits per heavy atom. The van der Waals surface area contributed by atoms with E-state index >= 15 is 0 Å². The van der Waals surface area contributed by atoms with Crippen LogP contribution < -0.4 is 5.32 Å². The number of nitrogens with one attached hydrogen (secondary N) is 1. The van der Waals surface area contributed by atoms with Crippen molar-refractivity contribution in [2.45, 2.75) is 19.7 Å². The Hall–Kier alpha value is -1.28. The molecule has 0 unspecified atom stereocenters. The van der Waals surface area contributed by atoms with Crippen molar-refractivity contribution >= 4 is 17.5 Å². The smallest absolute Gasteiger partial charge is 0.251 e. The van der Waals surface area contributed by atoms with Crippen LogP contribution in [-0.2, 0) is 5.88 Å². The maximum atomic E-state index is 11.7. The van der Waals surface area contributed by atoms with E-state index in [2.05, 4.69) is 5.32 Å². The molecule has 0 bridgehead atoms. The van der Waals surface area contributed by atoms with Gasteiger partial charge in [-0.15, -0.1) is 11.6 Å². The Kier molecular flexibility index (Phi) is 5.06. The van der Waals surface area contributed by atoms with Crippen LogP contribution in [0.1, 0.15) is 29.8 Å². The molecule has 3 heteroatoms. The zero-order chi connectivity index (χ0) is 12.0. The highest BCUT2D eigenvalue weighted by Crippen LogP contribution is 2.06. The average Bonchev–Trinajstić information content (AvgIpc) is 2.28. The second-order valence-corrected chi connectivity index (χ2v) is 4.09. The lowest BCUT2D eigenvalue weighted by atomic mass is 10.1. The topological polar surface area (TPSA) is 29.1 Å². The largest absolute Gasteiger partial charge is 0.349 e. The highest BCUT2D eigenvalue weighted by Gasteiger charge is 2.03. The van der Waals surface area contributed by atoms with E-state index in [1.54, 1.807) is 12.1 Å². The number of carbonyl (C=O) groups is 1. The van der Waals surface area contributed by atoms with Gasteiger partial charge >= 0.3 is 0 Å². The molecule has 1 aromatic carbocycles. The third kappa shape index (κ3) is 4.07. The zero-order valence-electron chi connectivity index (χ0n) is 9.59. The number of hydrogen-bond acceptors (Lipinski definition) is 1. The number of hydrogen-bond donors (Lipinski definition) is 1. The van der Waals surface area contributed by atoms with Gasteiger partial charge in [0.05, 0.1) is 0 Å². The fourth-order valence-electron chi connectivity index (χ4n) is 1.20.